The second-order valence-corrected chi connectivity index (χ2v) is 6.75. The monoisotopic (exact) mass is 341 g/mol. The predicted octanol–water partition coefficient (Wildman–Crippen LogP) is 4.14. The van der Waals surface area contributed by atoms with Gasteiger partial charge in [0, 0.05) is 19.6 Å². The van der Waals surface area contributed by atoms with E-state index in [1.165, 1.54) is 11.6 Å². The molecule has 1 heterocycles. The van der Waals surface area contributed by atoms with Gasteiger partial charge in [-0.25, -0.2) is 4.39 Å². The van der Waals surface area contributed by atoms with Gasteiger partial charge in [-0.2, -0.15) is 0 Å². The fourth-order valence-electron chi connectivity index (χ4n) is 3.35. The lowest BCUT2D eigenvalue weighted by Crippen LogP contribution is -2.25. The molecule has 4 heteroatoms. The topological polar surface area (TPSA) is 29.5 Å². The van der Waals surface area contributed by atoms with E-state index in [1.54, 1.807) is 18.2 Å². The van der Waals surface area contributed by atoms with Gasteiger partial charge in [-0.15, -0.1) is 0 Å². The van der Waals surface area contributed by atoms with E-state index in [1.807, 2.05) is 25.1 Å². The van der Waals surface area contributed by atoms with Gasteiger partial charge in [-0.1, -0.05) is 55.5 Å². The molecule has 0 saturated carbocycles. The van der Waals surface area contributed by atoms with Crippen LogP contribution in [0.3, 0.4) is 0 Å². The Bertz CT molecular complexity index is 704. The van der Waals surface area contributed by atoms with E-state index in [9.17, 15) is 9.18 Å². The van der Waals surface area contributed by atoms with Crippen LogP contribution in [0, 0.1) is 5.82 Å². The van der Waals surface area contributed by atoms with Crippen molar-refractivity contribution in [3.63, 3.8) is 0 Å². The summed E-state index contributed by atoms with van der Waals surface area (Å²) in [6, 6.07) is 16.9. The predicted molar refractivity (Wildman–Crippen MR) is 95.6 cm³/mol. The molecule has 0 aromatic heterocycles. The molecule has 1 saturated heterocycles. The van der Waals surface area contributed by atoms with Crippen LogP contribution in [-0.2, 0) is 16.1 Å². The number of ether oxygens (including phenoxy) is 1. The Balaban J connectivity index is 1.46. The van der Waals surface area contributed by atoms with Crippen molar-refractivity contribution in [1.82, 2.24) is 4.90 Å². The van der Waals surface area contributed by atoms with Crippen LogP contribution in [0.25, 0.3) is 0 Å². The SMILES string of the molecule is CC(CC(=O)O[C@@H]1CCN(Cc2ccccc2)C1)c1ccccc1F. The van der Waals surface area contributed by atoms with Crippen LogP contribution in [0.15, 0.2) is 54.6 Å². The number of nitrogens with zero attached hydrogens (tertiary/aromatic N) is 1. The molecule has 1 aliphatic rings. The van der Waals surface area contributed by atoms with Crippen LogP contribution in [0.5, 0.6) is 0 Å². The first-order chi connectivity index (χ1) is 12.1. The van der Waals surface area contributed by atoms with Crippen molar-refractivity contribution in [3.05, 3.63) is 71.5 Å². The van der Waals surface area contributed by atoms with E-state index >= 15 is 0 Å². The molecule has 0 N–H and O–H groups in total. The minimum Gasteiger partial charge on any atom is -0.461 e. The molecule has 3 rings (SSSR count). The lowest BCUT2D eigenvalue weighted by molar-refractivity contribution is -0.148. The van der Waals surface area contributed by atoms with Gasteiger partial charge in [-0.05, 0) is 29.5 Å². The van der Waals surface area contributed by atoms with Crippen LogP contribution in [0.2, 0.25) is 0 Å². The molecule has 2 atom stereocenters. The summed E-state index contributed by atoms with van der Waals surface area (Å²) < 4.78 is 19.4. The van der Waals surface area contributed by atoms with Gasteiger partial charge < -0.3 is 4.74 Å². The lowest BCUT2D eigenvalue weighted by atomic mass is 9.97. The third-order valence-electron chi connectivity index (χ3n) is 4.69. The third kappa shape index (κ3) is 4.89. The van der Waals surface area contributed by atoms with Crippen molar-refractivity contribution in [1.29, 1.82) is 0 Å². The van der Waals surface area contributed by atoms with E-state index in [2.05, 4.69) is 17.0 Å². The van der Waals surface area contributed by atoms with E-state index in [0.717, 1.165) is 26.1 Å². The normalized spacial score (nSPS) is 18.9. The molecule has 1 aliphatic heterocycles. The molecule has 2 aromatic rings. The number of likely N-dealkylation sites (tertiary alicyclic amines) is 1. The lowest BCUT2D eigenvalue weighted by Gasteiger charge is -2.17. The van der Waals surface area contributed by atoms with Crippen molar-refractivity contribution in [3.8, 4) is 0 Å². The Hall–Kier alpha value is -2.20. The van der Waals surface area contributed by atoms with Gasteiger partial charge in [0.05, 0.1) is 6.42 Å². The molecule has 132 valence electrons. The van der Waals surface area contributed by atoms with Gasteiger partial charge in [0.15, 0.2) is 0 Å². The number of hydrogen-bond acceptors (Lipinski definition) is 3. The summed E-state index contributed by atoms with van der Waals surface area (Å²) in [6.07, 6.45) is 0.993. The van der Waals surface area contributed by atoms with Crippen molar-refractivity contribution in [2.45, 2.75) is 38.3 Å². The van der Waals surface area contributed by atoms with E-state index in [4.69, 9.17) is 4.74 Å². The molecular formula is C21H24FNO2. The standard InChI is InChI=1S/C21H24FNO2/c1-16(19-9-5-6-10-20(19)22)13-21(24)25-18-11-12-23(15-18)14-17-7-3-2-4-8-17/h2-10,16,18H,11-15H2,1H3/t16?,18-/m1/s1. The third-order valence-corrected chi connectivity index (χ3v) is 4.69. The number of benzene rings is 2. The molecule has 0 bridgehead atoms. The van der Waals surface area contributed by atoms with Crippen molar-refractivity contribution in [2.75, 3.05) is 13.1 Å². The zero-order chi connectivity index (χ0) is 17.6. The summed E-state index contributed by atoms with van der Waals surface area (Å²) in [4.78, 5) is 14.5. The minimum atomic E-state index is -0.266. The molecule has 25 heavy (non-hydrogen) atoms. The molecule has 1 fully saturated rings. The number of carbonyl (C=O) groups excluding carboxylic acids is 1. The molecule has 3 nitrogen and oxygen atoms in total. The molecule has 2 aromatic carbocycles. The Morgan fingerprint density at radius 3 is 2.68 bits per heavy atom. The van der Waals surface area contributed by atoms with Gasteiger partial charge >= 0.3 is 5.97 Å². The largest absolute Gasteiger partial charge is 0.461 e. The van der Waals surface area contributed by atoms with Gasteiger partial charge in [0.25, 0.3) is 0 Å². The van der Waals surface area contributed by atoms with Crippen molar-refractivity contribution in [2.24, 2.45) is 0 Å². The summed E-state index contributed by atoms with van der Waals surface area (Å²) in [5.74, 6) is -0.699. The van der Waals surface area contributed by atoms with Crippen LogP contribution in [0.4, 0.5) is 4.39 Å². The molecular weight excluding hydrogens is 317 g/mol. The first-order valence-corrected chi connectivity index (χ1v) is 8.82. The van der Waals surface area contributed by atoms with E-state index in [-0.39, 0.29) is 30.2 Å². The van der Waals surface area contributed by atoms with E-state index < -0.39 is 0 Å². The van der Waals surface area contributed by atoms with Crippen molar-refractivity contribution >= 4 is 5.97 Å². The number of halogens is 1. The van der Waals surface area contributed by atoms with Crippen LogP contribution >= 0.6 is 0 Å². The molecule has 0 spiro atoms. The first kappa shape index (κ1) is 17.6. The number of hydrogen-bond donors (Lipinski definition) is 0. The average Bonchev–Trinajstić information content (AvgIpc) is 3.02. The van der Waals surface area contributed by atoms with Crippen LogP contribution in [0.1, 0.15) is 36.8 Å². The molecule has 0 radical (unpaired) electrons. The molecule has 1 unspecified atom stereocenters. The second kappa shape index (κ2) is 8.26. The van der Waals surface area contributed by atoms with Crippen LogP contribution < -0.4 is 0 Å². The number of rotatable bonds is 6. The Morgan fingerprint density at radius 2 is 1.92 bits per heavy atom. The fraction of sp³-hybridized carbons (Fsp3) is 0.381. The first-order valence-electron chi connectivity index (χ1n) is 8.82. The quantitative estimate of drug-likeness (QED) is 0.740. The maximum atomic E-state index is 13.8. The Morgan fingerprint density at radius 1 is 1.20 bits per heavy atom. The van der Waals surface area contributed by atoms with Gasteiger partial charge in [0.1, 0.15) is 11.9 Å². The maximum absolute atomic E-state index is 13.8. The number of carbonyl (C=O) groups is 1. The highest BCUT2D eigenvalue weighted by atomic mass is 19.1. The Labute approximate surface area is 148 Å². The highest BCUT2D eigenvalue weighted by molar-refractivity contribution is 5.70. The summed E-state index contributed by atoms with van der Waals surface area (Å²) in [7, 11) is 0. The zero-order valence-corrected chi connectivity index (χ0v) is 14.5. The fourth-order valence-corrected chi connectivity index (χ4v) is 3.35. The number of esters is 1. The second-order valence-electron chi connectivity index (χ2n) is 6.75. The minimum absolute atomic E-state index is 0.0657. The smallest absolute Gasteiger partial charge is 0.306 e. The Kier molecular flexibility index (Phi) is 5.82. The van der Waals surface area contributed by atoms with E-state index in [0.29, 0.717) is 5.56 Å². The average molecular weight is 341 g/mol. The van der Waals surface area contributed by atoms with Crippen molar-refractivity contribution < 1.29 is 13.9 Å². The van der Waals surface area contributed by atoms with Gasteiger partial charge in [0.2, 0.25) is 0 Å². The zero-order valence-electron chi connectivity index (χ0n) is 14.5. The summed E-state index contributed by atoms with van der Waals surface area (Å²) in [6.45, 7) is 4.42. The highest BCUT2D eigenvalue weighted by Gasteiger charge is 2.26. The summed E-state index contributed by atoms with van der Waals surface area (Å²) in [5.41, 5.74) is 1.83. The maximum Gasteiger partial charge on any atom is 0.306 e. The molecule has 0 aliphatic carbocycles. The molecule has 0 amide bonds. The summed E-state index contributed by atoms with van der Waals surface area (Å²) in [5, 5.41) is 0. The highest BCUT2D eigenvalue weighted by Crippen LogP contribution is 2.23. The van der Waals surface area contributed by atoms with Gasteiger partial charge in [-0.3, -0.25) is 9.69 Å². The van der Waals surface area contributed by atoms with Crippen LogP contribution in [-0.4, -0.2) is 30.1 Å². The summed E-state index contributed by atoms with van der Waals surface area (Å²) >= 11 is 0.